The van der Waals surface area contributed by atoms with E-state index in [0.29, 0.717) is 0 Å². The molecule has 0 aliphatic rings. The summed E-state index contributed by atoms with van der Waals surface area (Å²) in [6, 6.07) is 65.6. The molecule has 250 valence electrons. The van der Waals surface area contributed by atoms with Gasteiger partial charge in [0.25, 0.3) is 0 Å². The normalized spacial score (nSPS) is 12.1. The van der Waals surface area contributed by atoms with Gasteiger partial charge in [-0.1, -0.05) is 158 Å². The van der Waals surface area contributed by atoms with E-state index >= 15 is 0 Å². The molecule has 12 rings (SSSR count). The first-order chi connectivity index (χ1) is 26.8. The van der Waals surface area contributed by atoms with E-state index in [2.05, 4.69) is 170 Å². The first-order valence-corrected chi connectivity index (χ1v) is 18.5. The van der Waals surface area contributed by atoms with Crippen molar-refractivity contribution < 1.29 is 8.83 Å². The molecule has 0 spiro atoms. The minimum Gasteiger partial charge on any atom is -0.455 e. The maximum atomic E-state index is 6.66. The lowest BCUT2D eigenvalue weighted by atomic mass is 9.83. The summed E-state index contributed by atoms with van der Waals surface area (Å²) in [7, 11) is 0. The second-order valence-electron chi connectivity index (χ2n) is 14.3. The summed E-state index contributed by atoms with van der Waals surface area (Å²) in [5.41, 5.74) is 10.5. The average molecular weight is 687 g/mol. The van der Waals surface area contributed by atoms with Crippen LogP contribution in [0.4, 0.5) is 0 Å². The predicted octanol–water partition coefficient (Wildman–Crippen LogP) is 15.1. The molecule has 0 aliphatic heterocycles. The summed E-state index contributed by atoms with van der Waals surface area (Å²) >= 11 is 0. The summed E-state index contributed by atoms with van der Waals surface area (Å²) in [6.45, 7) is 0. The van der Waals surface area contributed by atoms with E-state index < -0.39 is 0 Å². The average Bonchev–Trinajstić information content (AvgIpc) is 3.81. The number of benzene rings is 10. The molecule has 0 fully saturated rings. The van der Waals surface area contributed by atoms with Gasteiger partial charge in [0.05, 0.1) is 0 Å². The second-order valence-corrected chi connectivity index (χ2v) is 14.3. The maximum Gasteiger partial charge on any atom is 0.143 e. The Morgan fingerprint density at radius 1 is 0.241 bits per heavy atom. The lowest BCUT2D eigenvalue weighted by Crippen LogP contribution is -1.93. The summed E-state index contributed by atoms with van der Waals surface area (Å²) in [4.78, 5) is 0. The number of furan rings is 2. The van der Waals surface area contributed by atoms with Crippen LogP contribution in [-0.2, 0) is 0 Å². The topological polar surface area (TPSA) is 26.3 Å². The Labute approximate surface area is 310 Å². The van der Waals surface area contributed by atoms with Gasteiger partial charge in [0.2, 0.25) is 0 Å². The highest BCUT2D eigenvalue weighted by molar-refractivity contribution is 6.27. The number of hydrogen-bond donors (Lipinski definition) is 0. The Hall–Kier alpha value is -7.16. The highest BCUT2D eigenvalue weighted by Gasteiger charge is 2.22. The van der Waals surface area contributed by atoms with Crippen LogP contribution < -0.4 is 0 Å². The Bertz CT molecular complexity index is 3280. The van der Waals surface area contributed by atoms with E-state index in [1.54, 1.807) is 0 Å². The van der Waals surface area contributed by atoms with E-state index in [4.69, 9.17) is 8.83 Å². The minimum absolute atomic E-state index is 0.898. The molecular weight excluding hydrogens is 657 g/mol. The molecule has 2 nitrogen and oxygen atoms in total. The van der Waals surface area contributed by atoms with E-state index in [9.17, 15) is 0 Å². The zero-order chi connectivity index (χ0) is 35.3. The largest absolute Gasteiger partial charge is 0.455 e. The van der Waals surface area contributed by atoms with Crippen LogP contribution in [0, 0.1) is 0 Å². The fourth-order valence-electron chi connectivity index (χ4n) is 9.11. The molecule has 10 aromatic carbocycles. The van der Waals surface area contributed by atoms with Crippen LogP contribution in [0.3, 0.4) is 0 Å². The highest BCUT2D eigenvalue weighted by Crippen LogP contribution is 2.49. The van der Waals surface area contributed by atoms with E-state index in [1.807, 2.05) is 12.1 Å². The lowest BCUT2D eigenvalue weighted by molar-refractivity contribution is 0.669. The first kappa shape index (κ1) is 29.4. The SMILES string of the molecule is c1ccc2c(-c3c4cccc(-c5cccc6c5oc5ccccc56)c4cc4c(-c5cccc6c5oc5ccccc56)cccc34)c3ccccc3cc2c1. The molecule has 2 aromatic heterocycles. The zero-order valence-electron chi connectivity index (χ0n) is 29.1. The molecular formula is C52H30O2. The molecule has 0 saturated heterocycles. The fraction of sp³-hybridized carbons (Fsp3) is 0. The van der Waals surface area contributed by atoms with Gasteiger partial charge in [-0.3, -0.25) is 0 Å². The Kier molecular flexibility index (Phi) is 6.09. The molecule has 0 saturated carbocycles. The van der Waals surface area contributed by atoms with Gasteiger partial charge in [-0.25, -0.2) is 0 Å². The molecule has 12 aromatic rings. The van der Waals surface area contributed by atoms with Crippen molar-refractivity contribution in [1.82, 2.24) is 0 Å². The molecule has 0 amide bonds. The van der Waals surface area contributed by atoms with Crippen LogP contribution in [0.5, 0.6) is 0 Å². The Morgan fingerprint density at radius 2 is 0.611 bits per heavy atom. The van der Waals surface area contributed by atoms with E-state index in [0.717, 1.165) is 66.1 Å². The second kappa shape index (κ2) is 11.2. The highest BCUT2D eigenvalue weighted by atomic mass is 16.3. The van der Waals surface area contributed by atoms with Crippen molar-refractivity contribution in [3.8, 4) is 33.4 Å². The van der Waals surface area contributed by atoms with Gasteiger partial charge < -0.3 is 8.83 Å². The number of fused-ring (bicyclic) bond motifs is 10. The predicted molar refractivity (Wildman–Crippen MR) is 227 cm³/mol. The van der Waals surface area contributed by atoms with Gasteiger partial charge in [-0.05, 0) is 89.6 Å². The molecule has 0 atom stereocenters. The summed E-state index contributed by atoms with van der Waals surface area (Å²) in [6.07, 6.45) is 0. The molecule has 0 radical (unpaired) electrons. The van der Waals surface area contributed by atoms with Crippen molar-refractivity contribution in [2.24, 2.45) is 0 Å². The summed E-state index contributed by atoms with van der Waals surface area (Å²) < 4.78 is 13.3. The van der Waals surface area contributed by atoms with Crippen molar-refractivity contribution in [3.63, 3.8) is 0 Å². The van der Waals surface area contributed by atoms with Crippen LogP contribution >= 0.6 is 0 Å². The minimum atomic E-state index is 0.898. The van der Waals surface area contributed by atoms with Crippen molar-refractivity contribution in [2.45, 2.75) is 0 Å². The third-order valence-corrected chi connectivity index (χ3v) is 11.4. The lowest BCUT2D eigenvalue weighted by Gasteiger charge is -2.20. The third-order valence-electron chi connectivity index (χ3n) is 11.4. The van der Waals surface area contributed by atoms with Gasteiger partial charge in [0, 0.05) is 32.7 Å². The monoisotopic (exact) mass is 686 g/mol. The molecule has 2 heteroatoms. The van der Waals surface area contributed by atoms with Gasteiger partial charge in [-0.2, -0.15) is 0 Å². The Morgan fingerprint density at radius 3 is 1.11 bits per heavy atom. The smallest absolute Gasteiger partial charge is 0.143 e. The van der Waals surface area contributed by atoms with Crippen LogP contribution in [-0.4, -0.2) is 0 Å². The van der Waals surface area contributed by atoms with Gasteiger partial charge in [0.15, 0.2) is 0 Å². The molecule has 54 heavy (non-hydrogen) atoms. The number of hydrogen-bond acceptors (Lipinski definition) is 2. The summed E-state index contributed by atoms with van der Waals surface area (Å²) in [5.74, 6) is 0. The molecule has 0 N–H and O–H groups in total. The fourth-order valence-corrected chi connectivity index (χ4v) is 9.11. The van der Waals surface area contributed by atoms with Gasteiger partial charge >= 0.3 is 0 Å². The van der Waals surface area contributed by atoms with Crippen LogP contribution in [0.1, 0.15) is 0 Å². The number of para-hydroxylation sites is 4. The van der Waals surface area contributed by atoms with Crippen molar-refractivity contribution in [3.05, 3.63) is 182 Å². The van der Waals surface area contributed by atoms with Gasteiger partial charge in [0.1, 0.15) is 22.3 Å². The standard InChI is InChI=1S/C52H30O2/c1-3-15-33-31(13-1)29-32-14-2-4-16-34(32)49(33)50-39-21-9-19-35(41-23-11-25-43-37-17-5-7-27-47(37)53-51(41)43)45(39)30-46-36(20-10-22-40(46)50)42-24-12-26-44-38-18-6-8-28-48(38)54-52(42)44/h1-30H. The molecule has 0 bridgehead atoms. The third kappa shape index (κ3) is 4.11. The Balaban J connectivity index is 1.28. The molecule has 0 aliphatic carbocycles. The van der Waals surface area contributed by atoms with Crippen molar-refractivity contribution in [1.29, 1.82) is 0 Å². The van der Waals surface area contributed by atoms with Gasteiger partial charge in [-0.15, -0.1) is 0 Å². The molecule has 0 unspecified atom stereocenters. The van der Waals surface area contributed by atoms with Crippen LogP contribution in [0.15, 0.2) is 191 Å². The summed E-state index contributed by atoms with van der Waals surface area (Å²) in [5, 5.41) is 14.2. The maximum absolute atomic E-state index is 6.66. The quantitative estimate of drug-likeness (QED) is 0.173. The number of rotatable bonds is 3. The van der Waals surface area contributed by atoms with Crippen molar-refractivity contribution in [2.75, 3.05) is 0 Å². The van der Waals surface area contributed by atoms with Crippen LogP contribution in [0.25, 0.3) is 120 Å². The van der Waals surface area contributed by atoms with Crippen LogP contribution in [0.2, 0.25) is 0 Å². The first-order valence-electron chi connectivity index (χ1n) is 18.5. The van der Waals surface area contributed by atoms with E-state index in [1.165, 1.54) is 54.2 Å². The van der Waals surface area contributed by atoms with E-state index in [-0.39, 0.29) is 0 Å². The molecule has 2 heterocycles. The van der Waals surface area contributed by atoms with Crippen molar-refractivity contribution >= 4 is 87.0 Å². The zero-order valence-corrected chi connectivity index (χ0v) is 29.1.